The third-order valence-corrected chi connectivity index (χ3v) is 4.60. The second kappa shape index (κ2) is 8.58. The number of amides is 2. The molecule has 2 aromatic rings. The smallest absolute Gasteiger partial charge is 0.262 e. The van der Waals surface area contributed by atoms with Gasteiger partial charge in [0.2, 0.25) is 5.91 Å². The maximum atomic E-state index is 12.0. The van der Waals surface area contributed by atoms with Gasteiger partial charge >= 0.3 is 0 Å². The number of ether oxygens (including phenoxy) is 1. The molecule has 3 rings (SSSR count). The highest BCUT2D eigenvalue weighted by atomic mass is 16.5. The number of rotatable bonds is 5. The van der Waals surface area contributed by atoms with E-state index in [-0.39, 0.29) is 18.4 Å². The summed E-state index contributed by atoms with van der Waals surface area (Å²) in [5.41, 5.74) is 2.95. The van der Waals surface area contributed by atoms with Crippen molar-refractivity contribution in [2.45, 2.75) is 13.8 Å². The third-order valence-electron chi connectivity index (χ3n) is 4.60. The molecule has 6 nitrogen and oxygen atoms in total. The lowest BCUT2D eigenvalue weighted by atomic mass is 10.2. The first-order valence-corrected chi connectivity index (χ1v) is 9.11. The van der Waals surface area contributed by atoms with E-state index < -0.39 is 0 Å². The normalized spacial score (nSPS) is 14.0. The van der Waals surface area contributed by atoms with Crippen molar-refractivity contribution in [2.24, 2.45) is 0 Å². The topological polar surface area (TPSA) is 61.9 Å². The van der Waals surface area contributed by atoms with E-state index in [1.807, 2.05) is 60.4 Å². The van der Waals surface area contributed by atoms with Crippen LogP contribution in [0.25, 0.3) is 0 Å². The summed E-state index contributed by atoms with van der Waals surface area (Å²) in [6.45, 7) is 6.67. The van der Waals surface area contributed by atoms with Gasteiger partial charge in [0.25, 0.3) is 5.91 Å². The summed E-state index contributed by atoms with van der Waals surface area (Å²) in [6.07, 6.45) is 0. The van der Waals surface area contributed by atoms with Crippen molar-refractivity contribution >= 4 is 23.2 Å². The first-order chi connectivity index (χ1) is 13.0. The maximum Gasteiger partial charge on any atom is 0.262 e. The molecule has 0 spiro atoms. The number of anilines is 2. The van der Waals surface area contributed by atoms with Crippen LogP contribution in [0.1, 0.15) is 12.5 Å². The van der Waals surface area contributed by atoms with Crippen LogP contribution in [0.5, 0.6) is 5.75 Å². The maximum absolute atomic E-state index is 12.0. The van der Waals surface area contributed by atoms with Crippen LogP contribution in [0.15, 0.2) is 48.5 Å². The minimum Gasteiger partial charge on any atom is -0.484 e. The number of hydrogen-bond donors (Lipinski definition) is 1. The number of nitrogens with one attached hydrogen (secondary N) is 1. The quantitative estimate of drug-likeness (QED) is 0.883. The highest BCUT2D eigenvalue weighted by Gasteiger charge is 2.18. The molecule has 1 fully saturated rings. The fourth-order valence-corrected chi connectivity index (χ4v) is 3.10. The van der Waals surface area contributed by atoms with Gasteiger partial charge in [-0.2, -0.15) is 0 Å². The van der Waals surface area contributed by atoms with Crippen LogP contribution < -0.4 is 15.0 Å². The number of hydrogen-bond acceptors (Lipinski definition) is 4. The third kappa shape index (κ3) is 5.23. The fraction of sp³-hybridized carbons (Fsp3) is 0.333. The van der Waals surface area contributed by atoms with Crippen molar-refractivity contribution in [1.82, 2.24) is 4.90 Å². The summed E-state index contributed by atoms with van der Waals surface area (Å²) in [4.78, 5) is 27.5. The Labute approximate surface area is 159 Å². The summed E-state index contributed by atoms with van der Waals surface area (Å²) < 4.78 is 5.58. The van der Waals surface area contributed by atoms with E-state index in [4.69, 9.17) is 4.74 Å². The predicted octanol–water partition coefficient (Wildman–Crippen LogP) is 2.68. The van der Waals surface area contributed by atoms with Crippen molar-refractivity contribution in [3.63, 3.8) is 0 Å². The summed E-state index contributed by atoms with van der Waals surface area (Å²) in [6, 6.07) is 15.4. The first kappa shape index (κ1) is 18.8. The van der Waals surface area contributed by atoms with Crippen LogP contribution in [0.3, 0.4) is 0 Å². The predicted molar refractivity (Wildman–Crippen MR) is 106 cm³/mol. The molecule has 6 heteroatoms. The van der Waals surface area contributed by atoms with Gasteiger partial charge in [-0.3, -0.25) is 9.59 Å². The van der Waals surface area contributed by atoms with Crippen LogP contribution in [0, 0.1) is 6.92 Å². The standard InChI is InChI=1S/C21H25N3O3/c1-16-4-3-5-18(14-16)22-21(26)15-27-20-8-6-19(7-9-20)24-12-10-23(11-13-24)17(2)25/h3-9,14H,10-13,15H2,1-2H3,(H,22,26). The van der Waals surface area contributed by atoms with Crippen molar-refractivity contribution in [3.05, 3.63) is 54.1 Å². The van der Waals surface area contributed by atoms with Crippen molar-refractivity contribution in [3.8, 4) is 5.75 Å². The number of benzene rings is 2. The van der Waals surface area contributed by atoms with Crippen LogP contribution in [0.2, 0.25) is 0 Å². The molecule has 2 aromatic carbocycles. The molecule has 0 unspecified atom stereocenters. The molecule has 1 aliphatic rings. The van der Waals surface area contributed by atoms with Gasteiger partial charge in [0, 0.05) is 44.5 Å². The molecule has 0 aromatic heterocycles. The summed E-state index contributed by atoms with van der Waals surface area (Å²) in [7, 11) is 0. The Morgan fingerprint density at radius 3 is 2.37 bits per heavy atom. The van der Waals surface area contributed by atoms with Gasteiger partial charge in [-0.25, -0.2) is 0 Å². The molecule has 0 radical (unpaired) electrons. The zero-order chi connectivity index (χ0) is 19.2. The molecule has 27 heavy (non-hydrogen) atoms. The number of carbonyl (C=O) groups excluding carboxylic acids is 2. The Bertz CT molecular complexity index is 797. The van der Waals surface area contributed by atoms with Gasteiger partial charge in [0.05, 0.1) is 0 Å². The van der Waals surface area contributed by atoms with Gasteiger partial charge in [-0.1, -0.05) is 12.1 Å². The van der Waals surface area contributed by atoms with Gasteiger partial charge in [-0.15, -0.1) is 0 Å². The van der Waals surface area contributed by atoms with E-state index in [0.29, 0.717) is 5.75 Å². The van der Waals surface area contributed by atoms with Gasteiger partial charge in [0.15, 0.2) is 6.61 Å². The zero-order valence-corrected chi connectivity index (χ0v) is 15.8. The van der Waals surface area contributed by atoms with Crippen molar-refractivity contribution in [2.75, 3.05) is 43.0 Å². The molecule has 1 aliphatic heterocycles. The Hall–Kier alpha value is -3.02. The molecule has 0 aliphatic carbocycles. The number of piperazine rings is 1. The fourth-order valence-electron chi connectivity index (χ4n) is 3.10. The highest BCUT2D eigenvalue weighted by Crippen LogP contribution is 2.21. The number of nitrogens with zero attached hydrogens (tertiary/aromatic N) is 2. The molecule has 1 heterocycles. The molecule has 2 amide bonds. The Morgan fingerprint density at radius 1 is 1.04 bits per heavy atom. The van der Waals surface area contributed by atoms with Crippen molar-refractivity contribution < 1.29 is 14.3 Å². The lowest BCUT2D eigenvalue weighted by Crippen LogP contribution is -2.48. The molecule has 0 saturated carbocycles. The lowest BCUT2D eigenvalue weighted by molar-refractivity contribution is -0.129. The molecular formula is C21H25N3O3. The van der Waals surface area contributed by atoms with Gasteiger partial charge in [0.1, 0.15) is 5.75 Å². The lowest BCUT2D eigenvalue weighted by Gasteiger charge is -2.35. The molecule has 1 N–H and O–H groups in total. The summed E-state index contributed by atoms with van der Waals surface area (Å²) in [5.74, 6) is 0.591. The van der Waals surface area contributed by atoms with E-state index in [1.165, 1.54) is 0 Å². The Morgan fingerprint density at radius 2 is 1.74 bits per heavy atom. The van der Waals surface area contributed by atoms with Crippen LogP contribution >= 0.6 is 0 Å². The number of aryl methyl sites for hydroxylation is 1. The summed E-state index contributed by atoms with van der Waals surface area (Å²) in [5, 5.41) is 2.82. The number of carbonyl (C=O) groups is 2. The van der Waals surface area contributed by atoms with Crippen molar-refractivity contribution in [1.29, 1.82) is 0 Å². The molecule has 0 bridgehead atoms. The minimum absolute atomic E-state index is 0.0371. The molecule has 142 valence electrons. The van der Waals surface area contributed by atoms with Gasteiger partial charge < -0.3 is 19.9 Å². The minimum atomic E-state index is -0.190. The van der Waals surface area contributed by atoms with Crippen LogP contribution in [-0.4, -0.2) is 49.5 Å². The Balaban J connectivity index is 1.48. The highest BCUT2D eigenvalue weighted by molar-refractivity contribution is 5.91. The average molecular weight is 367 g/mol. The molecule has 1 saturated heterocycles. The second-order valence-electron chi connectivity index (χ2n) is 6.69. The molecular weight excluding hydrogens is 342 g/mol. The monoisotopic (exact) mass is 367 g/mol. The molecule has 0 atom stereocenters. The Kier molecular flexibility index (Phi) is 5.96. The second-order valence-corrected chi connectivity index (χ2v) is 6.69. The van der Waals surface area contributed by atoms with E-state index in [0.717, 1.165) is 43.1 Å². The van der Waals surface area contributed by atoms with E-state index in [1.54, 1.807) is 6.92 Å². The van der Waals surface area contributed by atoms with E-state index in [9.17, 15) is 9.59 Å². The van der Waals surface area contributed by atoms with E-state index in [2.05, 4.69) is 10.2 Å². The van der Waals surface area contributed by atoms with Crippen LogP contribution in [0.4, 0.5) is 11.4 Å². The first-order valence-electron chi connectivity index (χ1n) is 9.11. The van der Waals surface area contributed by atoms with Crippen LogP contribution in [-0.2, 0) is 9.59 Å². The largest absolute Gasteiger partial charge is 0.484 e. The van der Waals surface area contributed by atoms with E-state index >= 15 is 0 Å². The average Bonchev–Trinajstić information content (AvgIpc) is 2.67. The zero-order valence-electron chi connectivity index (χ0n) is 15.8. The van der Waals surface area contributed by atoms with Gasteiger partial charge in [-0.05, 0) is 48.9 Å². The SMILES string of the molecule is CC(=O)N1CCN(c2ccc(OCC(=O)Nc3cccc(C)c3)cc2)CC1. The summed E-state index contributed by atoms with van der Waals surface area (Å²) >= 11 is 0.